The zero-order chi connectivity index (χ0) is 9.90. The molecule has 0 bridgehead atoms. The minimum atomic E-state index is -0.367. The highest BCUT2D eigenvalue weighted by atomic mass is 16.6. The van der Waals surface area contributed by atoms with Gasteiger partial charge in [0.1, 0.15) is 5.60 Å². The van der Waals surface area contributed by atoms with E-state index in [4.69, 9.17) is 4.74 Å². The SMILES string of the molecule is CC(C)(C)OC(=O)N1CCCCC1.N. The Kier molecular flexibility index (Phi) is 4.91. The second-order valence-corrected chi connectivity index (χ2v) is 4.53. The standard InChI is InChI=1S/C10H19NO2.H3N/c1-10(2,3)13-9(12)11-7-5-4-6-8-11;/h4-8H2,1-3H3;1H3. The van der Waals surface area contributed by atoms with Gasteiger partial charge in [0, 0.05) is 13.1 Å². The molecule has 1 aliphatic heterocycles. The van der Waals surface area contributed by atoms with Crippen molar-refractivity contribution < 1.29 is 9.53 Å². The van der Waals surface area contributed by atoms with Crippen molar-refractivity contribution >= 4 is 6.09 Å². The normalized spacial score (nSPS) is 17.2. The maximum absolute atomic E-state index is 11.5. The van der Waals surface area contributed by atoms with Crippen molar-refractivity contribution in [2.75, 3.05) is 13.1 Å². The van der Waals surface area contributed by atoms with Crippen LogP contribution in [0.15, 0.2) is 0 Å². The average molecular weight is 202 g/mol. The Morgan fingerprint density at radius 1 is 1.14 bits per heavy atom. The molecule has 4 nitrogen and oxygen atoms in total. The minimum absolute atomic E-state index is 0. The molecule has 0 unspecified atom stereocenters. The molecule has 3 N–H and O–H groups in total. The van der Waals surface area contributed by atoms with Crippen molar-refractivity contribution in [3.63, 3.8) is 0 Å². The molecule has 0 aliphatic carbocycles. The summed E-state index contributed by atoms with van der Waals surface area (Å²) in [6.45, 7) is 7.41. The highest BCUT2D eigenvalue weighted by molar-refractivity contribution is 5.68. The van der Waals surface area contributed by atoms with Crippen LogP contribution in [0.4, 0.5) is 4.79 Å². The van der Waals surface area contributed by atoms with E-state index in [0.717, 1.165) is 25.9 Å². The predicted molar refractivity (Wildman–Crippen MR) is 56.7 cm³/mol. The first-order valence-corrected chi connectivity index (χ1v) is 4.97. The number of hydrogen-bond acceptors (Lipinski definition) is 3. The van der Waals surface area contributed by atoms with E-state index < -0.39 is 0 Å². The number of carbonyl (C=O) groups is 1. The van der Waals surface area contributed by atoms with Gasteiger partial charge in [-0.05, 0) is 40.0 Å². The summed E-state index contributed by atoms with van der Waals surface area (Å²) >= 11 is 0. The molecule has 1 heterocycles. The number of likely N-dealkylation sites (tertiary alicyclic amines) is 1. The largest absolute Gasteiger partial charge is 0.444 e. The van der Waals surface area contributed by atoms with Crippen LogP contribution < -0.4 is 6.15 Å². The quantitative estimate of drug-likeness (QED) is 0.656. The lowest BCUT2D eigenvalue weighted by Crippen LogP contribution is -2.39. The van der Waals surface area contributed by atoms with Crippen LogP contribution in [-0.4, -0.2) is 29.7 Å². The van der Waals surface area contributed by atoms with E-state index in [1.54, 1.807) is 4.90 Å². The maximum atomic E-state index is 11.5. The third-order valence-electron chi connectivity index (χ3n) is 2.01. The Balaban J connectivity index is 0.00000169. The van der Waals surface area contributed by atoms with Crippen molar-refractivity contribution in [1.82, 2.24) is 11.1 Å². The zero-order valence-corrected chi connectivity index (χ0v) is 9.51. The van der Waals surface area contributed by atoms with Crippen LogP contribution in [0, 0.1) is 0 Å². The molecule has 1 rings (SSSR count). The average Bonchev–Trinajstić information content (AvgIpc) is 2.03. The molecule has 14 heavy (non-hydrogen) atoms. The maximum Gasteiger partial charge on any atom is 0.410 e. The smallest absolute Gasteiger partial charge is 0.410 e. The molecule has 0 atom stereocenters. The van der Waals surface area contributed by atoms with Gasteiger partial charge in [-0.1, -0.05) is 0 Å². The molecule has 1 saturated heterocycles. The molecule has 4 heteroatoms. The summed E-state index contributed by atoms with van der Waals surface area (Å²) in [4.78, 5) is 13.3. The van der Waals surface area contributed by atoms with Crippen LogP contribution in [0.5, 0.6) is 0 Å². The third kappa shape index (κ3) is 4.46. The number of piperidine rings is 1. The first-order chi connectivity index (χ1) is 5.99. The molecule has 0 spiro atoms. The molecule has 1 amide bonds. The fourth-order valence-electron chi connectivity index (χ4n) is 1.40. The Hall–Kier alpha value is -0.770. The Morgan fingerprint density at radius 3 is 2.07 bits per heavy atom. The van der Waals surface area contributed by atoms with E-state index in [1.165, 1.54) is 6.42 Å². The lowest BCUT2D eigenvalue weighted by molar-refractivity contribution is 0.0216. The Labute approximate surface area is 86.2 Å². The predicted octanol–water partition coefficient (Wildman–Crippen LogP) is 2.57. The zero-order valence-electron chi connectivity index (χ0n) is 9.51. The number of carbonyl (C=O) groups excluding carboxylic acids is 1. The molecule has 0 aromatic heterocycles. The summed E-state index contributed by atoms with van der Waals surface area (Å²) < 4.78 is 5.26. The van der Waals surface area contributed by atoms with Crippen molar-refractivity contribution in [3.05, 3.63) is 0 Å². The van der Waals surface area contributed by atoms with Crippen LogP contribution in [0.25, 0.3) is 0 Å². The summed E-state index contributed by atoms with van der Waals surface area (Å²) in [5, 5.41) is 0. The highest BCUT2D eigenvalue weighted by Crippen LogP contribution is 2.14. The molecule has 84 valence electrons. The minimum Gasteiger partial charge on any atom is -0.444 e. The molecule has 0 radical (unpaired) electrons. The van der Waals surface area contributed by atoms with Gasteiger partial charge >= 0.3 is 6.09 Å². The Bertz CT molecular complexity index is 181. The van der Waals surface area contributed by atoms with Crippen LogP contribution in [-0.2, 0) is 4.74 Å². The summed E-state index contributed by atoms with van der Waals surface area (Å²) in [6.07, 6.45) is 3.30. The van der Waals surface area contributed by atoms with Gasteiger partial charge in [0.2, 0.25) is 0 Å². The van der Waals surface area contributed by atoms with Gasteiger partial charge in [0.05, 0.1) is 0 Å². The fourth-order valence-corrected chi connectivity index (χ4v) is 1.40. The summed E-state index contributed by atoms with van der Waals surface area (Å²) in [5.74, 6) is 0. The van der Waals surface area contributed by atoms with Crippen LogP contribution in [0.3, 0.4) is 0 Å². The van der Waals surface area contributed by atoms with Crippen molar-refractivity contribution in [2.45, 2.75) is 45.6 Å². The first-order valence-electron chi connectivity index (χ1n) is 4.97. The summed E-state index contributed by atoms with van der Waals surface area (Å²) in [5.41, 5.74) is -0.367. The summed E-state index contributed by atoms with van der Waals surface area (Å²) in [6, 6.07) is 0. The van der Waals surface area contributed by atoms with E-state index in [-0.39, 0.29) is 17.8 Å². The first kappa shape index (κ1) is 13.2. The second kappa shape index (κ2) is 5.20. The van der Waals surface area contributed by atoms with Gasteiger partial charge in [-0.25, -0.2) is 4.79 Å². The van der Waals surface area contributed by atoms with E-state index in [0.29, 0.717) is 0 Å². The van der Waals surface area contributed by atoms with Crippen molar-refractivity contribution in [3.8, 4) is 0 Å². The monoisotopic (exact) mass is 202 g/mol. The Morgan fingerprint density at radius 2 is 1.64 bits per heavy atom. The van der Waals surface area contributed by atoms with Gasteiger partial charge in [-0.3, -0.25) is 0 Å². The molecule has 1 fully saturated rings. The van der Waals surface area contributed by atoms with E-state index >= 15 is 0 Å². The van der Waals surface area contributed by atoms with Crippen LogP contribution in [0.2, 0.25) is 0 Å². The number of ether oxygens (including phenoxy) is 1. The fraction of sp³-hybridized carbons (Fsp3) is 0.900. The van der Waals surface area contributed by atoms with Crippen molar-refractivity contribution in [1.29, 1.82) is 0 Å². The van der Waals surface area contributed by atoms with Gasteiger partial charge in [0.25, 0.3) is 0 Å². The lowest BCUT2D eigenvalue weighted by atomic mass is 10.1. The number of hydrogen-bond donors (Lipinski definition) is 1. The van der Waals surface area contributed by atoms with Crippen molar-refractivity contribution in [2.24, 2.45) is 0 Å². The van der Waals surface area contributed by atoms with Gasteiger partial charge in [-0.15, -0.1) is 0 Å². The molecule has 0 saturated carbocycles. The topological polar surface area (TPSA) is 64.5 Å². The molecular weight excluding hydrogens is 180 g/mol. The van der Waals surface area contributed by atoms with E-state index in [2.05, 4.69) is 0 Å². The molecule has 0 aromatic rings. The van der Waals surface area contributed by atoms with Crippen LogP contribution >= 0.6 is 0 Å². The molecule has 1 aliphatic rings. The second-order valence-electron chi connectivity index (χ2n) is 4.53. The van der Waals surface area contributed by atoms with Gasteiger partial charge in [0.15, 0.2) is 0 Å². The molecule has 0 aromatic carbocycles. The summed E-state index contributed by atoms with van der Waals surface area (Å²) in [7, 11) is 0. The number of rotatable bonds is 0. The van der Waals surface area contributed by atoms with Gasteiger partial charge < -0.3 is 15.8 Å². The number of amides is 1. The number of nitrogens with zero attached hydrogens (tertiary/aromatic N) is 1. The van der Waals surface area contributed by atoms with E-state index in [9.17, 15) is 4.79 Å². The van der Waals surface area contributed by atoms with E-state index in [1.807, 2.05) is 20.8 Å². The lowest BCUT2D eigenvalue weighted by Gasteiger charge is -2.29. The third-order valence-corrected chi connectivity index (χ3v) is 2.01. The highest BCUT2D eigenvalue weighted by Gasteiger charge is 2.22. The molecular formula is C10H22N2O2. The van der Waals surface area contributed by atoms with Gasteiger partial charge in [-0.2, -0.15) is 0 Å². The van der Waals surface area contributed by atoms with Crippen LogP contribution in [0.1, 0.15) is 40.0 Å².